The molecule has 0 saturated heterocycles. The number of rotatable bonds is 3. The fraction of sp³-hybridized carbons (Fsp3) is 0.0769. The molecule has 0 amide bonds. The Hall–Kier alpha value is -1.11. The monoisotopic (exact) mass is 377 g/mol. The zero-order valence-electron chi connectivity index (χ0n) is 10.1. The predicted molar refractivity (Wildman–Crippen MR) is 80.9 cm³/mol. The minimum Gasteiger partial charge on any atom is -0.398 e. The first-order valence-corrected chi connectivity index (χ1v) is 8.34. The number of sulfone groups is 1. The van der Waals surface area contributed by atoms with E-state index in [-0.39, 0.29) is 21.2 Å². The Morgan fingerprint density at radius 1 is 1.25 bits per heavy atom. The molecule has 0 saturated carbocycles. The standard InChI is InChI=1S/C13H10BrClFNO2S/c14-9-4-5-11(17)12(6-9)20(18,19)7-8-2-1-3-10(16)13(8)15/h1-6H,7,17H2. The minimum atomic E-state index is -3.71. The lowest BCUT2D eigenvalue weighted by Gasteiger charge is -2.09. The topological polar surface area (TPSA) is 60.2 Å². The number of nitrogens with two attached hydrogens (primary N) is 1. The second kappa shape index (κ2) is 5.71. The van der Waals surface area contributed by atoms with Crippen molar-refractivity contribution in [2.45, 2.75) is 10.6 Å². The molecule has 2 aromatic carbocycles. The van der Waals surface area contributed by atoms with Gasteiger partial charge >= 0.3 is 0 Å². The van der Waals surface area contributed by atoms with Gasteiger partial charge in [0.25, 0.3) is 0 Å². The van der Waals surface area contributed by atoms with Crippen LogP contribution in [0.1, 0.15) is 5.56 Å². The molecule has 0 fully saturated rings. The lowest BCUT2D eigenvalue weighted by Crippen LogP contribution is -2.08. The minimum absolute atomic E-state index is 0.00722. The van der Waals surface area contributed by atoms with E-state index in [1.807, 2.05) is 0 Å². The largest absolute Gasteiger partial charge is 0.398 e. The van der Waals surface area contributed by atoms with Gasteiger partial charge in [0.1, 0.15) is 5.82 Å². The number of hydrogen-bond donors (Lipinski definition) is 1. The van der Waals surface area contributed by atoms with Gasteiger partial charge in [-0.15, -0.1) is 0 Å². The molecule has 0 aromatic heterocycles. The van der Waals surface area contributed by atoms with E-state index in [0.29, 0.717) is 4.47 Å². The molecule has 2 aromatic rings. The van der Waals surface area contributed by atoms with E-state index in [1.165, 1.54) is 30.3 Å². The molecule has 0 aliphatic rings. The molecule has 0 spiro atoms. The van der Waals surface area contributed by atoms with Crippen LogP contribution < -0.4 is 5.73 Å². The quantitative estimate of drug-likeness (QED) is 0.827. The first-order valence-electron chi connectivity index (χ1n) is 5.52. The van der Waals surface area contributed by atoms with Crippen LogP contribution in [-0.2, 0) is 15.6 Å². The Kier molecular flexibility index (Phi) is 4.36. The van der Waals surface area contributed by atoms with Crippen LogP contribution in [0.4, 0.5) is 10.1 Å². The van der Waals surface area contributed by atoms with Gasteiger partial charge in [0.05, 0.1) is 21.4 Å². The molecule has 0 bridgehead atoms. The van der Waals surface area contributed by atoms with Gasteiger partial charge in [-0.2, -0.15) is 0 Å². The lowest BCUT2D eigenvalue weighted by molar-refractivity contribution is 0.595. The third kappa shape index (κ3) is 3.13. The zero-order chi connectivity index (χ0) is 14.9. The van der Waals surface area contributed by atoms with Crippen molar-refractivity contribution in [2.24, 2.45) is 0 Å². The van der Waals surface area contributed by atoms with Crippen molar-refractivity contribution in [1.29, 1.82) is 0 Å². The second-order valence-corrected chi connectivity index (χ2v) is 7.41. The summed E-state index contributed by atoms with van der Waals surface area (Å²) < 4.78 is 38.6. The third-order valence-electron chi connectivity index (χ3n) is 2.69. The average Bonchev–Trinajstić information content (AvgIpc) is 2.37. The molecule has 0 aliphatic carbocycles. The van der Waals surface area contributed by atoms with Gasteiger partial charge in [-0.25, -0.2) is 12.8 Å². The average molecular weight is 379 g/mol. The van der Waals surface area contributed by atoms with E-state index >= 15 is 0 Å². The van der Waals surface area contributed by atoms with Crippen molar-refractivity contribution < 1.29 is 12.8 Å². The van der Waals surface area contributed by atoms with Crippen LogP contribution in [0.25, 0.3) is 0 Å². The molecule has 7 heteroatoms. The molecule has 2 rings (SSSR count). The third-order valence-corrected chi connectivity index (χ3v) is 5.32. The van der Waals surface area contributed by atoms with Gasteiger partial charge in [0.15, 0.2) is 9.84 Å². The Morgan fingerprint density at radius 3 is 2.65 bits per heavy atom. The Labute approximate surface area is 129 Å². The summed E-state index contributed by atoms with van der Waals surface area (Å²) in [6.07, 6.45) is 0. The maximum atomic E-state index is 13.3. The molecular formula is C13H10BrClFNO2S. The highest BCUT2D eigenvalue weighted by Crippen LogP contribution is 2.28. The Bertz CT molecular complexity index is 765. The highest BCUT2D eigenvalue weighted by atomic mass is 79.9. The first-order chi connectivity index (χ1) is 9.31. The first kappa shape index (κ1) is 15.3. The number of hydrogen-bond acceptors (Lipinski definition) is 3. The smallest absolute Gasteiger partial charge is 0.184 e. The van der Waals surface area contributed by atoms with Crippen LogP contribution in [0.3, 0.4) is 0 Å². The summed E-state index contributed by atoms with van der Waals surface area (Å²) in [5.41, 5.74) is 6.03. The maximum Gasteiger partial charge on any atom is 0.184 e. The van der Waals surface area contributed by atoms with Gasteiger partial charge in [-0.3, -0.25) is 0 Å². The number of benzene rings is 2. The van der Waals surface area contributed by atoms with Crippen molar-refractivity contribution >= 4 is 43.1 Å². The van der Waals surface area contributed by atoms with Gasteiger partial charge in [-0.1, -0.05) is 39.7 Å². The predicted octanol–water partition coefficient (Wildman–Crippen LogP) is 3.80. The summed E-state index contributed by atoms with van der Waals surface area (Å²) in [5.74, 6) is -1.06. The summed E-state index contributed by atoms with van der Waals surface area (Å²) in [6.45, 7) is 0. The van der Waals surface area contributed by atoms with Crippen LogP contribution in [0, 0.1) is 5.82 Å². The molecule has 0 atom stereocenters. The van der Waals surface area contributed by atoms with Crippen LogP contribution >= 0.6 is 27.5 Å². The molecule has 106 valence electrons. The molecule has 20 heavy (non-hydrogen) atoms. The molecule has 2 N–H and O–H groups in total. The molecule has 3 nitrogen and oxygen atoms in total. The van der Waals surface area contributed by atoms with E-state index in [1.54, 1.807) is 6.07 Å². The van der Waals surface area contributed by atoms with E-state index < -0.39 is 21.4 Å². The van der Waals surface area contributed by atoms with E-state index in [4.69, 9.17) is 17.3 Å². The van der Waals surface area contributed by atoms with E-state index in [0.717, 1.165) is 0 Å². The van der Waals surface area contributed by atoms with Crippen LogP contribution in [0.5, 0.6) is 0 Å². The zero-order valence-corrected chi connectivity index (χ0v) is 13.3. The van der Waals surface area contributed by atoms with Crippen molar-refractivity contribution in [3.8, 4) is 0 Å². The summed E-state index contributed by atoms with van der Waals surface area (Å²) in [6, 6.07) is 8.60. The van der Waals surface area contributed by atoms with Gasteiger partial charge < -0.3 is 5.73 Å². The highest BCUT2D eigenvalue weighted by molar-refractivity contribution is 9.10. The van der Waals surface area contributed by atoms with E-state index in [9.17, 15) is 12.8 Å². The SMILES string of the molecule is Nc1ccc(Br)cc1S(=O)(=O)Cc1cccc(F)c1Cl. The number of halogens is 3. The number of nitrogen functional groups attached to an aromatic ring is 1. The summed E-state index contributed by atoms with van der Waals surface area (Å²) >= 11 is 8.97. The molecule has 0 radical (unpaired) electrons. The fourth-order valence-corrected chi connectivity index (χ4v) is 4.04. The highest BCUT2D eigenvalue weighted by Gasteiger charge is 2.21. The van der Waals surface area contributed by atoms with Crippen molar-refractivity contribution in [3.05, 3.63) is 57.3 Å². The summed E-state index contributed by atoms with van der Waals surface area (Å²) in [7, 11) is -3.71. The Morgan fingerprint density at radius 2 is 1.95 bits per heavy atom. The normalized spacial score (nSPS) is 11.6. The van der Waals surface area contributed by atoms with E-state index in [2.05, 4.69) is 15.9 Å². The van der Waals surface area contributed by atoms with Crippen molar-refractivity contribution in [2.75, 3.05) is 5.73 Å². The molecule has 0 aliphatic heterocycles. The molecule has 0 heterocycles. The fourth-order valence-electron chi connectivity index (χ4n) is 1.72. The summed E-state index contributed by atoms with van der Waals surface area (Å²) in [5, 5.41) is -0.190. The van der Waals surface area contributed by atoms with Crippen LogP contribution in [0.2, 0.25) is 5.02 Å². The van der Waals surface area contributed by atoms with Gasteiger partial charge in [0.2, 0.25) is 0 Å². The van der Waals surface area contributed by atoms with Crippen molar-refractivity contribution in [3.63, 3.8) is 0 Å². The second-order valence-electron chi connectivity index (χ2n) is 4.15. The van der Waals surface area contributed by atoms with Crippen LogP contribution in [-0.4, -0.2) is 8.42 Å². The van der Waals surface area contributed by atoms with Crippen molar-refractivity contribution in [1.82, 2.24) is 0 Å². The lowest BCUT2D eigenvalue weighted by atomic mass is 10.2. The molecule has 0 unspecified atom stereocenters. The maximum absolute atomic E-state index is 13.3. The Balaban J connectivity index is 2.46. The van der Waals surface area contributed by atoms with Gasteiger partial charge in [0, 0.05) is 4.47 Å². The van der Waals surface area contributed by atoms with Gasteiger partial charge in [-0.05, 0) is 29.8 Å². The number of anilines is 1. The van der Waals surface area contributed by atoms with Crippen LogP contribution in [0.15, 0.2) is 45.8 Å². The summed E-state index contributed by atoms with van der Waals surface area (Å²) in [4.78, 5) is -0.00722. The molecular weight excluding hydrogens is 369 g/mol.